The Kier molecular flexibility index (Phi) is 2.86. The predicted octanol–water partition coefficient (Wildman–Crippen LogP) is 1.91. The lowest BCUT2D eigenvalue weighted by Gasteiger charge is -2.13. The molecular weight excluding hydrogens is 225 g/mol. The maximum absolute atomic E-state index is 12.0. The van der Waals surface area contributed by atoms with E-state index < -0.39 is 7.60 Å². The number of nitrogens with zero attached hydrogens (tertiary/aromatic N) is 1. The van der Waals surface area contributed by atoms with Crippen LogP contribution in [0.3, 0.4) is 0 Å². The van der Waals surface area contributed by atoms with Gasteiger partial charge in [0, 0.05) is 13.2 Å². The quantitative estimate of drug-likeness (QED) is 0.829. The van der Waals surface area contributed by atoms with Crippen molar-refractivity contribution in [1.29, 1.82) is 0 Å². The van der Waals surface area contributed by atoms with E-state index in [4.69, 9.17) is 4.52 Å². The molecule has 5 heteroatoms. The molecule has 0 spiro atoms. The van der Waals surface area contributed by atoms with Crippen molar-refractivity contribution in [2.75, 3.05) is 0 Å². The molecule has 16 heavy (non-hydrogen) atoms. The first-order chi connectivity index (χ1) is 7.59. The average molecular weight is 237 g/mol. The Bertz CT molecular complexity index is 521. The van der Waals surface area contributed by atoms with Crippen LogP contribution in [0.1, 0.15) is 0 Å². The van der Waals surface area contributed by atoms with Gasteiger partial charge in [-0.15, -0.1) is 0 Å². The molecule has 0 saturated heterocycles. The van der Waals surface area contributed by atoms with Crippen molar-refractivity contribution >= 4 is 13.0 Å². The number of benzene rings is 1. The van der Waals surface area contributed by atoms with Crippen LogP contribution in [0.25, 0.3) is 0 Å². The van der Waals surface area contributed by atoms with Gasteiger partial charge in [-0.25, -0.2) is 4.57 Å². The molecule has 1 atom stereocenters. The molecule has 1 aromatic heterocycles. The van der Waals surface area contributed by atoms with Gasteiger partial charge < -0.3 is 14.0 Å². The van der Waals surface area contributed by atoms with Crippen LogP contribution in [0.4, 0.5) is 0 Å². The first kappa shape index (κ1) is 11.0. The number of rotatable bonds is 3. The van der Waals surface area contributed by atoms with E-state index >= 15 is 0 Å². The van der Waals surface area contributed by atoms with Crippen molar-refractivity contribution in [3.8, 4) is 5.75 Å². The molecule has 0 fully saturated rings. The summed E-state index contributed by atoms with van der Waals surface area (Å²) in [6, 6.07) is 11.9. The summed E-state index contributed by atoms with van der Waals surface area (Å²) in [6.07, 6.45) is 1.70. The molecule has 1 unspecified atom stereocenters. The Morgan fingerprint density at radius 3 is 2.44 bits per heavy atom. The Morgan fingerprint density at radius 2 is 1.88 bits per heavy atom. The lowest BCUT2D eigenvalue weighted by molar-refractivity contribution is 0.391. The molecule has 0 aliphatic heterocycles. The molecule has 1 aromatic carbocycles. The summed E-state index contributed by atoms with van der Waals surface area (Å²) in [5.41, 5.74) is 0.274. The lowest BCUT2D eigenvalue weighted by Crippen LogP contribution is -2.16. The molecule has 0 bridgehead atoms. The van der Waals surface area contributed by atoms with Crippen molar-refractivity contribution in [2.24, 2.45) is 7.05 Å². The number of para-hydroxylation sites is 1. The van der Waals surface area contributed by atoms with E-state index in [0.29, 0.717) is 5.75 Å². The van der Waals surface area contributed by atoms with Crippen LogP contribution in [0.2, 0.25) is 0 Å². The maximum Gasteiger partial charge on any atom is 0.424 e. The largest absolute Gasteiger partial charge is 0.424 e. The van der Waals surface area contributed by atoms with Crippen molar-refractivity contribution < 1.29 is 14.0 Å². The number of aryl methyl sites for hydroxylation is 1. The molecule has 1 N–H and O–H groups in total. The third-order valence-electron chi connectivity index (χ3n) is 2.18. The first-order valence-electron chi connectivity index (χ1n) is 4.79. The van der Waals surface area contributed by atoms with Gasteiger partial charge in [-0.05, 0) is 24.3 Å². The van der Waals surface area contributed by atoms with Gasteiger partial charge >= 0.3 is 7.60 Å². The molecule has 0 saturated carbocycles. The zero-order chi connectivity index (χ0) is 11.6. The minimum atomic E-state index is -3.79. The van der Waals surface area contributed by atoms with Crippen LogP contribution >= 0.6 is 7.60 Å². The highest BCUT2D eigenvalue weighted by molar-refractivity contribution is 7.61. The fraction of sp³-hybridized carbons (Fsp3) is 0.0909. The molecule has 0 aliphatic rings. The highest BCUT2D eigenvalue weighted by Crippen LogP contribution is 2.41. The van der Waals surface area contributed by atoms with E-state index in [1.165, 1.54) is 0 Å². The van der Waals surface area contributed by atoms with Crippen LogP contribution in [-0.2, 0) is 11.6 Å². The van der Waals surface area contributed by atoms with Gasteiger partial charge in [-0.2, -0.15) is 0 Å². The van der Waals surface area contributed by atoms with Gasteiger partial charge in [0.15, 0.2) is 0 Å². The van der Waals surface area contributed by atoms with E-state index in [2.05, 4.69) is 0 Å². The van der Waals surface area contributed by atoms with Crippen LogP contribution in [0, 0.1) is 0 Å². The summed E-state index contributed by atoms with van der Waals surface area (Å²) in [6.45, 7) is 0. The van der Waals surface area contributed by atoms with Crippen LogP contribution in [0.5, 0.6) is 5.75 Å². The summed E-state index contributed by atoms with van der Waals surface area (Å²) < 4.78 is 18.7. The van der Waals surface area contributed by atoms with Crippen LogP contribution in [0.15, 0.2) is 48.7 Å². The Hall–Kier alpha value is -1.51. The van der Waals surface area contributed by atoms with Gasteiger partial charge in [0.25, 0.3) is 0 Å². The first-order valence-corrected chi connectivity index (χ1v) is 6.37. The van der Waals surface area contributed by atoms with Gasteiger partial charge in [0.2, 0.25) is 0 Å². The van der Waals surface area contributed by atoms with E-state index in [-0.39, 0.29) is 5.44 Å². The van der Waals surface area contributed by atoms with Crippen molar-refractivity contribution in [2.45, 2.75) is 0 Å². The van der Waals surface area contributed by atoms with E-state index in [9.17, 15) is 9.46 Å². The standard InChI is InChI=1S/C11H12NO3P/c1-12-9-5-8-11(12)16(13,14)15-10-6-3-2-4-7-10/h2-9H,1H3,(H,13,14). The van der Waals surface area contributed by atoms with Gasteiger partial charge in [0.1, 0.15) is 11.2 Å². The summed E-state index contributed by atoms with van der Waals surface area (Å²) in [7, 11) is -2.09. The minimum absolute atomic E-state index is 0.274. The molecule has 2 aromatic rings. The molecule has 0 aliphatic carbocycles. The van der Waals surface area contributed by atoms with Gasteiger partial charge in [-0.1, -0.05) is 18.2 Å². The second-order valence-corrected chi connectivity index (χ2v) is 5.08. The number of hydrogen-bond donors (Lipinski definition) is 1. The topological polar surface area (TPSA) is 51.5 Å². The Labute approximate surface area is 93.6 Å². The van der Waals surface area contributed by atoms with E-state index in [1.807, 2.05) is 6.07 Å². The molecule has 84 valence electrons. The second kappa shape index (κ2) is 4.16. The zero-order valence-electron chi connectivity index (χ0n) is 8.78. The second-order valence-electron chi connectivity index (χ2n) is 3.40. The highest BCUT2D eigenvalue weighted by atomic mass is 31.2. The van der Waals surface area contributed by atoms with Crippen molar-refractivity contribution in [3.05, 3.63) is 48.7 Å². The monoisotopic (exact) mass is 237 g/mol. The maximum atomic E-state index is 12.0. The fourth-order valence-corrected chi connectivity index (χ4v) is 2.66. The Balaban J connectivity index is 2.28. The summed E-state index contributed by atoms with van der Waals surface area (Å²) in [5, 5.41) is 0. The summed E-state index contributed by atoms with van der Waals surface area (Å²) in [5.74, 6) is 0.384. The molecule has 1 heterocycles. The Morgan fingerprint density at radius 1 is 1.19 bits per heavy atom. The normalized spacial score (nSPS) is 14.4. The SMILES string of the molecule is Cn1cccc1P(=O)(O)Oc1ccccc1. The number of hydrogen-bond acceptors (Lipinski definition) is 2. The van der Waals surface area contributed by atoms with E-state index in [0.717, 1.165) is 0 Å². The predicted molar refractivity (Wildman–Crippen MR) is 61.9 cm³/mol. The zero-order valence-corrected chi connectivity index (χ0v) is 9.67. The number of aromatic nitrogens is 1. The average Bonchev–Trinajstić information content (AvgIpc) is 2.66. The highest BCUT2D eigenvalue weighted by Gasteiger charge is 2.26. The van der Waals surface area contributed by atoms with E-state index in [1.54, 1.807) is 54.2 Å². The molecule has 2 rings (SSSR count). The van der Waals surface area contributed by atoms with Gasteiger partial charge in [0.05, 0.1) is 0 Å². The third kappa shape index (κ3) is 2.18. The van der Waals surface area contributed by atoms with Crippen molar-refractivity contribution in [3.63, 3.8) is 0 Å². The van der Waals surface area contributed by atoms with Crippen molar-refractivity contribution in [1.82, 2.24) is 4.57 Å². The summed E-state index contributed by atoms with van der Waals surface area (Å²) >= 11 is 0. The molecule has 4 nitrogen and oxygen atoms in total. The lowest BCUT2D eigenvalue weighted by atomic mass is 10.3. The van der Waals surface area contributed by atoms with Crippen LogP contribution < -0.4 is 9.96 Å². The summed E-state index contributed by atoms with van der Waals surface area (Å²) in [4.78, 5) is 9.82. The third-order valence-corrected chi connectivity index (χ3v) is 3.68. The fourth-order valence-electron chi connectivity index (χ4n) is 1.42. The minimum Gasteiger partial charge on any atom is -0.420 e. The van der Waals surface area contributed by atoms with Gasteiger partial charge in [-0.3, -0.25) is 0 Å². The smallest absolute Gasteiger partial charge is 0.420 e. The molecule has 0 amide bonds. The van der Waals surface area contributed by atoms with Crippen LogP contribution in [-0.4, -0.2) is 9.46 Å². The molecular formula is C11H12NO3P. The molecule has 0 radical (unpaired) electrons.